The summed E-state index contributed by atoms with van der Waals surface area (Å²) in [6.07, 6.45) is 0.947. The predicted octanol–water partition coefficient (Wildman–Crippen LogP) is 12.5. The van der Waals surface area contributed by atoms with Gasteiger partial charge >= 0.3 is 0 Å². The van der Waals surface area contributed by atoms with Gasteiger partial charge in [0.1, 0.15) is 0 Å². The summed E-state index contributed by atoms with van der Waals surface area (Å²) in [6, 6.07) is 70.3. The molecular formula is C46H35N. The third-order valence-corrected chi connectivity index (χ3v) is 9.30. The van der Waals surface area contributed by atoms with E-state index < -0.39 is 0 Å². The molecule has 0 aliphatic rings. The molecule has 0 aromatic heterocycles. The molecule has 0 fully saturated rings. The molecule has 0 aliphatic heterocycles. The van der Waals surface area contributed by atoms with Crippen molar-refractivity contribution >= 4 is 38.6 Å². The number of anilines is 3. The molecule has 47 heavy (non-hydrogen) atoms. The number of benzene rings is 8. The van der Waals surface area contributed by atoms with E-state index in [1.54, 1.807) is 0 Å². The molecule has 1 nitrogen and oxygen atoms in total. The van der Waals surface area contributed by atoms with Gasteiger partial charge in [0.05, 0.1) is 5.69 Å². The van der Waals surface area contributed by atoms with E-state index in [0.29, 0.717) is 0 Å². The molecule has 1 atom stereocenters. The monoisotopic (exact) mass is 601 g/mol. The van der Waals surface area contributed by atoms with Crippen LogP contribution >= 0.6 is 0 Å². The zero-order chi connectivity index (χ0) is 31.4. The lowest BCUT2D eigenvalue weighted by molar-refractivity contribution is 0.810. The Labute approximate surface area is 277 Å². The first-order valence-corrected chi connectivity index (χ1v) is 16.4. The van der Waals surface area contributed by atoms with Crippen LogP contribution < -0.4 is 4.90 Å². The SMILES string of the molecule is c1ccc(C(Cc2cccc3ccccc23)c2ccc(-c3ccc(N(c4ccccc4)c4cccc5ccccc45)cc3)cc2)cc1. The molecule has 8 aromatic carbocycles. The quantitative estimate of drug-likeness (QED) is 0.167. The lowest BCUT2D eigenvalue weighted by Crippen LogP contribution is -2.10. The van der Waals surface area contributed by atoms with E-state index in [4.69, 9.17) is 0 Å². The largest absolute Gasteiger partial charge is 0.310 e. The fourth-order valence-corrected chi connectivity index (χ4v) is 6.92. The molecule has 0 aliphatic carbocycles. The van der Waals surface area contributed by atoms with Crippen LogP contribution in [0.5, 0.6) is 0 Å². The van der Waals surface area contributed by atoms with Gasteiger partial charge in [-0.2, -0.15) is 0 Å². The van der Waals surface area contributed by atoms with Crippen molar-refractivity contribution in [3.05, 3.63) is 211 Å². The Morgan fingerprint density at radius 1 is 0.362 bits per heavy atom. The molecule has 0 saturated carbocycles. The Hall–Kier alpha value is -5.92. The van der Waals surface area contributed by atoms with Crippen molar-refractivity contribution in [2.24, 2.45) is 0 Å². The third-order valence-electron chi connectivity index (χ3n) is 9.30. The molecule has 0 N–H and O–H groups in total. The van der Waals surface area contributed by atoms with E-state index in [0.717, 1.165) is 17.8 Å². The molecular weight excluding hydrogens is 567 g/mol. The molecule has 224 valence electrons. The smallest absolute Gasteiger partial charge is 0.0540 e. The summed E-state index contributed by atoms with van der Waals surface area (Å²) in [5, 5.41) is 5.09. The second-order valence-electron chi connectivity index (χ2n) is 12.1. The molecule has 1 unspecified atom stereocenters. The molecule has 8 rings (SSSR count). The lowest BCUT2D eigenvalue weighted by atomic mass is 9.84. The van der Waals surface area contributed by atoms with E-state index in [2.05, 4.69) is 199 Å². The first kappa shape index (κ1) is 28.5. The van der Waals surface area contributed by atoms with Crippen LogP contribution in [0.25, 0.3) is 32.7 Å². The van der Waals surface area contributed by atoms with Crippen LogP contribution in [0.1, 0.15) is 22.6 Å². The zero-order valence-corrected chi connectivity index (χ0v) is 26.2. The highest BCUT2D eigenvalue weighted by atomic mass is 15.1. The topological polar surface area (TPSA) is 3.24 Å². The fraction of sp³-hybridized carbons (Fsp3) is 0.0435. The van der Waals surface area contributed by atoms with E-state index in [-0.39, 0.29) is 5.92 Å². The molecule has 1 heteroatoms. The maximum absolute atomic E-state index is 2.35. The van der Waals surface area contributed by atoms with Crippen molar-refractivity contribution in [1.29, 1.82) is 0 Å². The van der Waals surface area contributed by atoms with Gasteiger partial charge in [-0.15, -0.1) is 0 Å². The van der Waals surface area contributed by atoms with Gasteiger partial charge in [0.25, 0.3) is 0 Å². The lowest BCUT2D eigenvalue weighted by Gasteiger charge is -2.27. The molecule has 0 heterocycles. The molecule has 0 bridgehead atoms. The number of rotatable bonds is 8. The standard InChI is InChI=1S/C46H35N/c1-3-13-38(14-4-1)45(33-40-19-11-17-36-15-7-9-22-43(36)40)39-27-25-34(26-28-39)35-29-31-42(32-30-35)47(41-20-5-2-6-21-41)46-24-12-18-37-16-8-10-23-44(37)46/h1-32,45H,33H2. The van der Waals surface area contributed by atoms with Crippen molar-refractivity contribution < 1.29 is 0 Å². The minimum absolute atomic E-state index is 0.263. The van der Waals surface area contributed by atoms with Crippen LogP contribution in [0, 0.1) is 0 Å². The van der Waals surface area contributed by atoms with E-state index >= 15 is 0 Å². The molecule has 0 radical (unpaired) electrons. The van der Waals surface area contributed by atoms with Gasteiger partial charge in [-0.3, -0.25) is 0 Å². The summed E-state index contributed by atoms with van der Waals surface area (Å²) < 4.78 is 0. The van der Waals surface area contributed by atoms with Gasteiger partial charge in [-0.25, -0.2) is 0 Å². The number of hydrogen-bond acceptors (Lipinski definition) is 1. The van der Waals surface area contributed by atoms with Crippen LogP contribution in [0.3, 0.4) is 0 Å². The Morgan fingerprint density at radius 2 is 0.851 bits per heavy atom. The summed E-state index contributed by atoms with van der Waals surface area (Å²) in [5.74, 6) is 0.263. The Balaban J connectivity index is 1.12. The van der Waals surface area contributed by atoms with Gasteiger partial charge in [-0.1, -0.05) is 164 Å². The minimum atomic E-state index is 0.263. The maximum Gasteiger partial charge on any atom is 0.0540 e. The molecule has 8 aromatic rings. The molecule has 0 amide bonds. The summed E-state index contributed by atoms with van der Waals surface area (Å²) in [4.78, 5) is 2.35. The van der Waals surface area contributed by atoms with E-state index in [9.17, 15) is 0 Å². The average Bonchev–Trinajstić information content (AvgIpc) is 3.15. The maximum atomic E-state index is 2.35. The molecule has 0 saturated heterocycles. The van der Waals surface area contributed by atoms with Gasteiger partial charge in [-0.05, 0) is 80.7 Å². The van der Waals surface area contributed by atoms with Crippen LogP contribution in [0.15, 0.2) is 194 Å². The summed E-state index contributed by atoms with van der Waals surface area (Å²) in [6.45, 7) is 0. The minimum Gasteiger partial charge on any atom is -0.310 e. The van der Waals surface area contributed by atoms with Crippen LogP contribution in [-0.4, -0.2) is 0 Å². The van der Waals surface area contributed by atoms with Crippen molar-refractivity contribution in [2.75, 3.05) is 4.90 Å². The normalized spacial score (nSPS) is 11.8. The van der Waals surface area contributed by atoms with Crippen molar-refractivity contribution in [2.45, 2.75) is 12.3 Å². The third kappa shape index (κ3) is 5.80. The summed E-state index contributed by atoms with van der Waals surface area (Å²) in [5.41, 5.74) is 9.91. The number of hydrogen-bond donors (Lipinski definition) is 0. The van der Waals surface area contributed by atoms with Crippen LogP contribution in [0.4, 0.5) is 17.1 Å². The number of nitrogens with zero attached hydrogens (tertiary/aromatic N) is 1. The van der Waals surface area contributed by atoms with Crippen LogP contribution in [0.2, 0.25) is 0 Å². The Morgan fingerprint density at radius 3 is 1.55 bits per heavy atom. The van der Waals surface area contributed by atoms with Gasteiger partial charge in [0.15, 0.2) is 0 Å². The second-order valence-corrected chi connectivity index (χ2v) is 12.1. The van der Waals surface area contributed by atoms with Crippen molar-refractivity contribution in [1.82, 2.24) is 0 Å². The highest BCUT2D eigenvalue weighted by Gasteiger charge is 2.18. The molecule has 0 spiro atoms. The first-order chi connectivity index (χ1) is 23.3. The van der Waals surface area contributed by atoms with Gasteiger partial charge < -0.3 is 4.90 Å². The Kier molecular flexibility index (Phi) is 7.79. The summed E-state index contributed by atoms with van der Waals surface area (Å²) >= 11 is 0. The van der Waals surface area contributed by atoms with Gasteiger partial charge in [0, 0.05) is 22.7 Å². The fourth-order valence-electron chi connectivity index (χ4n) is 6.92. The summed E-state index contributed by atoms with van der Waals surface area (Å²) in [7, 11) is 0. The van der Waals surface area contributed by atoms with E-state index in [1.807, 2.05) is 0 Å². The zero-order valence-electron chi connectivity index (χ0n) is 26.2. The average molecular weight is 602 g/mol. The first-order valence-electron chi connectivity index (χ1n) is 16.4. The predicted molar refractivity (Wildman–Crippen MR) is 200 cm³/mol. The number of fused-ring (bicyclic) bond motifs is 2. The second kappa shape index (κ2) is 12.8. The van der Waals surface area contributed by atoms with Crippen molar-refractivity contribution in [3.8, 4) is 11.1 Å². The van der Waals surface area contributed by atoms with Crippen molar-refractivity contribution in [3.63, 3.8) is 0 Å². The highest BCUT2D eigenvalue weighted by molar-refractivity contribution is 5.99. The van der Waals surface area contributed by atoms with Crippen LogP contribution in [-0.2, 0) is 6.42 Å². The van der Waals surface area contributed by atoms with E-state index in [1.165, 1.54) is 55.0 Å². The number of para-hydroxylation sites is 1. The van der Waals surface area contributed by atoms with Gasteiger partial charge in [0.2, 0.25) is 0 Å². The Bertz CT molecular complexity index is 2240. The highest BCUT2D eigenvalue weighted by Crippen LogP contribution is 2.39.